The third kappa shape index (κ3) is 5.17. The molecule has 1 saturated heterocycles. The molecule has 0 bridgehead atoms. The Kier molecular flexibility index (Phi) is 6.29. The second-order valence-corrected chi connectivity index (χ2v) is 8.16. The third-order valence-electron chi connectivity index (χ3n) is 4.87. The lowest BCUT2D eigenvalue weighted by Crippen LogP contribution is -2.40. The molecule has 3 N–H and O–H groups in total. The van der Waals surface area contributed by atoms with Gasteiger partial charge in [-0.15, -0.1) is 0 Å². The van der Waals surface area contributed by atoms with E-state index in [0.29, 0.717) is 17.9 Å². The molecule has 27 heavy (non-hydrogen) atoms. The first kappa shape index (κ1) is 19.6. The van der Waals surface area contributed by atoms with Crippen molar-refractivity contribution < 1.29 is 4.79 Å². The zero-order valence-electron chi connectivity index (χ0n) is 16.7. The summed E-state index contributed by atoms with van der Waals surface area (Å²) in [4.78, 5) is 17.0. The highest BCUT2D eigenvalue weighted by Gasteiger charge is 2.29. The number of nitrogens with one attached hydrogen (secondary N) is 3. The Balaban J connectivity index is 1.61. The predicted molar refractivity (Wildman–Crippen MR) is 108 cm³/mol. The van der Waals surface area contributed by atoms with E-state index in [-0.39, 0.29) is 11.9 Å². The van der Waals surface area contributed by atoms with Gasteiger partial charge in [0, 0.05) is 36.6 Å². The maximum atomic E-state index is 12.6. The van der Waals surface area contributed by atoms with Crippen LogP contribution in [0.3, 0.4) is 0 Å². The molecule has 1 amide bonds. The molecule has 0 aliphatic carbocycles. The van der Waals surface area contributed by atoms with Crippen molar-refractivity contribution in [2.75, 3.05) is 5.32 Å². The van der Waals surface area contributed by atoms with Gasteiger partial charge in [0.1, 0.15) is 11.9 Å². The molecule has 6 nitrogen and oxygen atoms in total. The van der Waals surface area contributed by atoms with Crippen LogP contribution in [-0.2, 0) is 11.3 Å². The van der Waals surface area contributed by atoms with Crippen LogP contribution >= 0.6 is 0 Å². The Morgan fingerprint density at radius 1 is 1.30 bits per heavy atom. The van der Waals surface area contributed by atoms with Gasteiger partial charge < -0.3 is 9.88 Å². The lowest BCUT2D eigenvalue weighted by molar-refractivity contribution is -0.117. The zero-order valence-corrected chi connectivity index (χ0v) is 16.7. The standard InChI is InChI=1S/C21H31N5O/c1-14(2)10-18-12-19(25-24-18)21(27)23-17-7-5-6-16(11-17)13-26-9-8-22-20(26)15(3)4/h5-9,11,14-15,18-19,24-25H,10,12-13H2,1-4H3,(H,23,27). The van der Waals surface area contributed by atoms with Gasteiger partial charge in [-0.3, -0.25) is 10.2 Å². The summed E-state index contributed by atoms with van der Waals surface area (Å²) in [5.74, 6) is 2.07. The largest absolute Gasteiger partial charge is 0.330 e. The molecule has 2 unspecified atom stereocenters. The Morgan fingerprint density at radius 3 is 2.85 bits per heavy atom. The van der Waals surface area contributed by atoms with E-state index < -0.39 is 0 Å². The summed E-state index contributed by atoms with van der Waals surface area (Å²) in [6.07, 6.45) is 5.72. The molecule has 3 rings (SSSR count). The van der Waals surface area contributed by atoms with Gasteiger partial charge in [0.25, 0.3) is 0 Å². The van der Waals surface area contributed by atoms with Crippen LogP contribution < -0.4 is 16.2 Å². The van der Waals surface area contributed by atoms with Gasteiger partial charge in [-0.2, -0.15) is 0 Å². The first-order valence-corrected chi connectivity index (χ1v) is 9.84. The minimum Gasteiger partial charge on any atom is -0.330 e. The maximum Gasteiger partial charge on any atom is 0.242 e. The highest BCUT2D eigenvalue weighted by atomic mass is 16.2. The number of hydrazine groups is 1. The molecule has 2 atom stereocenters. The van der Waals surface area contributed by atoms with Gasteiger partial charge in [0.2, 0.25) is 5.91 Å². The molecule has 0 radical (unpaired) electrons. The molecule has 1 aliphatic rings. The van der Waals surface area contributed by atoms with E-state index in [9.17, 15) is 4.79 Å². The zero-order chi connectivity index (χ0) is 19.4. The molecule has 0 saturated carbocycles. The van der Waals surface area contributed by atoms with E-state index in [2.05, 4.69) is 59.5 Å². The number of benzene rings is 1. The number of nitrogens with zero attached hydrogens (tertiary/aromatic N) is 2. The second kappa shape index (κ2) is 8.67. The van der Waals surface area contributed by atoms with Gasteiger partial charge in [-0.25, -0.2) is 10.4 Å². The Morgan fingerprint density at radius 2 is 2.11 bits per heavy atom. The van der Waals surface area contributed by atoms with E-state index in [4.69, 9.17) is 0 Å². The quantitative estimate of drug-likeness (QED) is 0.700. The number of carbonyl (C=O) groups is 1. The Labute approximate surface area is 161 Å². The molecule has 146 valence electrons. The van der Waals surface area contributed by atoms with Gasteiger partial charge in [-0.05, 0) is 36.5 Å². The molecule has 0 spiro atoms. The van der Waals surface area contributed by atoms with E-state index in [1.165, 1.54) is 0 Å². The average Bonchev–Trinajstić information content (AvgIpc) is 3.24. The summed E-state index contributed by atoms with van der Waals surface area (Å²) in [5.41, 5.74) is 8.34. The van der Waals surface area contributed by atoms with Crippen LogP contribution in [0.2, 0.25) is 0 Å². The molecule has 1 aliphatic heterocycles. The minimum atomic E-state index is -0.196. The number of carbonyl (C=O) groups excluding carboxylic acids is 1. The van der Waals surface area contributed by atoms with Crippen LogP contribution in [-0.4, -0.2) is 27.5 Å². The van der Waals surface area contributed by atoms with Crippen LogP contribution in [0, 0.1) is 5.92 Å². The average molecular weight is 370 g/mol. The van der Waals surface area contributed by atoms with E-state index >= 15 is 0 Å². The fourth-order valence-corrected chi connectivity index (χ4v) is 3.65. The number of anilines is 1. The van der Waals surface area contributed by atoms with Gasteiger partial charge in [-0.1, -0.05) is 39.8 Å². The number of hydrogen-bond donors (Lipinski definition) is 3. The summed E-state index contributed by atoms with van der Waals surface area (Å²) in [6, 6.07) is 8.19. The molecule has 1 fully saturated rings. The topological polar surface area (TPSA) is 71.0 Å². The number of hydrogen-bond acceptors (Lipinski definition) is 4. The Bertz CT molecular complexity index is 767. The highest BCUT2D eigenvalue weighted by Crippen LogP contribution is 2.18. The van der Waals surface area contributed by atoms with Crippen molar-refractivity contribution in [2.24, 2.45) is 5.92 Å². The lowest BCUT2D eigenvalue weighted by Gasteiger charge is -2.13. The summed E-state index contributed by atoms with van der Waals surface area (Å²) in [7, 11) is 0. The number of rotatable bonds is 7. The van der Waals surface area contributed by atoms with Crippen molar-refractivity contribution in [3.05, 3.63) is 48.0 Å². The first-order chi connectivity index (χ1) is 12.9. The molecule has 1 aromatic heterocycles. The molecule has 1 aromatic carbocycles. The van der Waals surface area contributed by atoms with Gasteiger partial charge >= 0.3 is 0 Å². The number of imidazole rings is 1. The normalized spacial score (nSPS) is 19.8. The van der Waals surface area contributed by atoms with Crippen LogP contribution in [0.1, 0.15) is 57.8 Å². The molecular formula is C21H31N5O. The van der Waals surface area contributed by atoms with Gasteiger partial charge in [0.15, 0.2) is 0 Å². The number of aromatic nitrogens is 2. The van der Waals surface area contributed by atoms with Crippen LogP contribution in [0.25, 0.3) is 0 Å². The monoisotopic (exact) mass is 369 g/mol. The smallest absolute Gasteiger partial charge is 0.242 e. The Hall–Kier alpha value is -2.18. The number of amides is 1. The van der Waals surface area contributed by atoms with E-state index in [1.807, 2.05) is 30.6 Å². The maximum absolute atomic E-state index is 12.6. The summed E-state index contributed by atoms with van der Waals surface area (Å²) < 4.78 is 2.16. The van der Waals surface area contributed by atoms with Crippen molar-refractivity contribution in [3.63, 3.8) is 0 Å². The predicted octanol–water partition coefficient (Wildman–Crippen LogP) is 3.27. The van der Waals surface area contributed by atoms with Crippen molar-refractivity contribution in [2.45, 2.75) is 65.1 Å². The summed E-state index contributed by atoms with van der Waals surface area (Å²) >= 11 is 0. The van der Waals surface area contributed by atoms with Gasteiger partial charge in [0.05, 0.1) is 0 Å². The van der Waals surface area contributed by atoms with Crippen molar-refractivity contribution in [3.8, 4) is 0 Å². The van der Waals surface area contributed by atoms with Crippen LogP contribution in [0.5, 0.6) is 0 Å². The molecule has 2 heterocycles. The van der Waals surface area contributed by atoms with Crippen LogP contribution in [0.4, 0.5) is 5.69 Å². The minimum absolute atomic E-state index is 0.0106. The fourth-order valence-electron chi connectivity index (χ4n) is 3.65. The van der Waals surface area contributed by atoms with Crippen molar-refractivity contribution in [1.82, 2.24) is 20.4 Å². The third-order valence-corrected chi connectivity index (χ3v) is 4.87. The highest BCUT2D eigenvalue weighted by molar-refractivity contribution is 5.95. The fraction of sp³-hybridized carbons (Fsp3) is 0.524. The molecular weight excluding hydrogens is 338 g/mol. The lowest BCUT2D eigenvalue weighted by atomic mass is 10.00. The SMILES string of the molecule is CC(C)CC1CC(C(=O)Nc2cccc(Cn3ccnc3C(C)C)c2)NN1. The second-order valence-electron chi connectivity index (χ2n) is 8.16. The molecule has 2 aromatic rings. The summed E-state index contributed by atoms with van der Waals surface area (Å²) in [5, 5.41) is 3.05. The van der Waals surface area contributed by atoms with E-state index in [1.54, 1.807) is 0 Å². The van der Waals surface area contributed by atoms with E-state index in [0.717, 1.165) is 36.5 Å². The molecule has 6 heteroatoms. The first-order valence-electron chi connectivity index (χ1n) is 9.84. The van der Waals surface area contributed by atoms with Crippen molar-refractivity contribution in [1.29, 1.82) is 0 Å². The van der Waals surface area contributed by atoms with Crippen LogP contribution in [0.15, 0.2) is 36.7 Å². The van der Waals surface area contributed by atoms with Crippen molar-refractivity contribution >= 4 is 11.6 Å². The summed E-state index contributed by atoms with van der Waals surface area (Å²) in [6.45, 7) is 9.43.